The van der Waals surface area contributed by atoms with Crippen LogP contribution in [0.4, 0.5) is 0 Å². The predicted molar refractivity (Wildman–Crippen MR) is 149 cm³/mol. The van der Waals surface area contributed by atoms with Gasteiger partial charge in [-0.05, 0) is 75.0 Å². The second kappa shape index (κ2) is 9.73. The minimum absolute atomic E-state index is 0.0457. The van der Waals surface area contributed by atoms with Gasteiger partial charge >= 0.3 is 5.97 Å². The van der Waals surface area contributed by atoms with E-state index in [1.165, 1.54) is 57.4 Å². The van der Waals surface area contributed by atoms with Gasteiger partial charge in [-0.1, -0.05) is 37.5 Å². The predicted octanol–water partition coefficient (Wildman–Crippen LogP) is 4.45. The number of carboxylic acids is 1. The molecule has 204 valence electrons. The molecule has 2 aliphatic carbocycles. The van der Waals surface area contributed by atoms with Crippen molar-refractivity contribution in [2.24, 2.45) is 11.8 Å². The average molecular weight is 529 g/mol. The summed E-state index contributed by atoms with van der Waals surface area (Å²) in [5.74, 6) is 0.646. The Kier molecular flexibility index (Phi) is 6.18. The Morgan fingerprint density at radius 3 is 2.26 bits per heavy atom. The summed E-state index contributed by atoms with van der Waals surface area (Å²) in [6.07, 6.45) is 12.5. The van der Waals surface area contributed by atoms with Crippen LogP contribution in [0.5, 0.6) is 0 Å². The molecular formula is C31H36N4O4. The lowest BCUT2D eigenvalue weighted by Crippen LogP contribution is -2.52. The Morgan fingerprint density at radius 2 is 1.54 bits per heavy atom. The molecule has 4 fully saturated rings. The monoisotopic (exact) mass is 528 g/mol. The number of piperidine rings is 1. The van der Waals surface area contributed by atoms with Crippen molar-refractivity contribution in [3.05, 3.63) is 63.2 Å². The topological polar surface area (TPSA) is 97.4 Å². The first kappa shape index (κ1) is 24.8. The van der Waals surface area contributed by atoms with E-state index >= 15 is 0 Å². The van der Waals surface area contributed by atoms with Gasteiger partial charge in [0.2, 0.25) is 0 Å². The highest BCUT2D eigenvalue weighted by molar-refractivity contribution is 5.78. The molecule has 3 aromatic rings. The first-order valence-electron chi connectivity index (χ1n) is 14.7. The lowest BCUT2D eigenvalue weighted by molar-refractivity contribution is -0.137. The van der Waals surface area contributed by atoms with Gasteiger partial charge in [-0.15, -0.1) is 0 Å². The molecule has 8 nitrogen and oxygen atoms in total. The number of fused-ring (bicyclic) bond motifs is 5. The summed E-state index contributed by atoms with van der Waals surface area (Å²) in [6, 6.07) is 13.9. The molecule has 4 heterocycles. The zero-order valence-electron chi connectivity index (χ0n) is 22.2. The minimum Gasteiger partial charge on any atom is -0.480 e. The van der Waals surface area contributed by atoms with E-state index < -0.39 is 18.1 Å². The van der Waals surface area contributed by atoms with Crippen LogP contribution < -0.4 is 11.1 Å². The van der Waals surface area contributed by atoms with Crippen LogP contribution in [0.15, 0.2) is 52.1 Å². The average Bonchev–Trinajstić information content (AvgIpc) is 3.18. The van der Waals surface area contributed by atoms with Crippen molar-refractivity contribution < 1.29 is 9.90 Å². The second-order valence-electron chi connectivity index (χ2n) is 12.3. The van der Waals surface area contributed by atoms with Gasteiger partial charge in [0.15, 0.2) is 5.69 Å². The van der Waals surface area contributed by atoms with E-state index in [1.54, 1.807) is 12.1 Å². The van der Waals surface area contributed by atoms with Crippen LogP contribution in [-0.2, 0) is 11.3 Å². The number of pyridine rings is 1. The number of aliphatic carboxylic acids is 1. The molecule has 6 atom stereocenters. The number of carbonyl (C=O) groups is 1. The Morgan fingerprint density at radius 1 is 0.821 bits per heavy atom. The molecule has 7 rings (SSSR count). The van der Waals surface area contributed by atoms with E-state index in [4.69, 9.17) is 0 Å². The summed E-state index contributed by atoms with van der Waals surface area (Å²) in [6.45, 7) is -0.519. The van der Waals surface area contributed by atoms with Crippen LogP contribution in [-0.4, -0.2) is 48.2 Å². The van der Waals surface area contributed by atoms with Gasteiger partial charge in [0.25, 0.3) is 11.1 Å². The number of hydrogen-bond acceptors (Lipinski definition) is 5. The van der Waals surface area contributed by atoms with Crippen molar-refractivity contribution in [2.45, 2.75) is 94.9 Å². The summed E-state index contributed by atoms with van der Waals surface area (Å²) in [5, 5.41) is 9.44. The fourth-order valence-electron chi connectivity index (χ4n) is 8.64. The van der Waals surface area contributed by atoms with Crippen molar-refractivity contribution in [1.29, 1.82) is 0 Å². The highest BCUT2D eigenvalue weighted by Gasteiger charge is 2.47. The third-order valence-corrected chi connectivity index (χ3v) is 10.0. The van der Waals surface area contributed by atoms with Crippen molar-refractivity contribution in [3.8, 4) is 11.4 Å². The van der Waals surface area contributed by atoms with Crippen molar-refractivity contribution in [1.82, 2.24) is 19.0 Å². The van der Waals surface area contributed by atoms with Gasteiger partial charge < -0.3 is 9.67 Å². The van der Waals surface area contributed by atoms with E-state index in [-0.39, 0.29) is 23.0 Å². The Hall–Kier alpha value is -3.26. The summed E-state index contributed by atoms with van der Waals surface area (Å²) in [7, 11) is 0. The number of carboxylic acid groups (broad SMARTS) is 1. The molecule has 2 aliphatic heterocycles. The van der Waals surface area contributed by atoms with Gasteiger partial charge in [0, 0.05) is 30.2 Å². The number of rotatable bonds is 5. The first-order chi connectivity index (χ1) is 19.0. The van der Waals surface area contributed by atoms with Crippen LogP contribution in [0, 0.1) is 11.8 Å². The molecule has 1 aromatic carbocycles. The van der Waals surface area contributed by atoms with Crippen LogP contribution in [0.3, 0.4) is 0 Å². The van der Waals surface area contributed by atoms with Gasteiger partial charge in [-0.2, -0.15) is 0 Å². The fourth-order valence-corrected chi connectivity index (χ4v) is 8.64. The Bertz CT molecular complexity index is 1520. The molecule has 39 heavy (non-hydrogen) atoms. The number of para-hydroxylation sites is 2. The Labute approximate surface area is 227 Å². The maximum atomic E-state index is 14.2. The molecule has 2 saturated heterocycles. The quantitative estimate of drug-likeness (QED) is 0.526. The summed E-state index contributed by atoms with van der Waals surface area (Å²) in [5.41, 5.74) is 1.17. The SMILES string of the molecule is O=C(O)Cn1c(-c2nc3ccccc3n([C@@H]3C[C@H]4CC[C@@H](C3)N4C3C[C@H]4CCC[C@@H](C3)C4)c2=O)cccc1=O. The summed E-state index contributed by atoms with van der Waals surface area (Å²) in [4.78, 5) is 45.9. The Balaban J connectivity index is 1.28. The van der Waals surface area contributed by atoms with Gasteiger partial charge in [-0.3, -0.25) is 23.9 Å². The van der Waals surface area contributed by atoms with Crippen molar-refractivity contribution in [3.63, 3.8) is 0 Å². The van der Waals surface area contributed by atoms with E-state index in [2.05, 4.69) is 9.88 Å². The fraction of sp³-hybridized carbons (Fsp3) is 0.548. The lowest BCUT2D eigenvalue weighted by atomic mass is 9.69. The number of hydrogen-bond donors (Lipinski definition) is 1. The van der Waals surface area contributed by atoms with Crippen molar-refractivity contribution in [2.75, 3.05) is 0 Å². The zero-order chi connectivity index (χ0) is 26.7. The smallest absolute Gasteiger partial charge is 0.323 e. The summed E-state index contributed by atoms with van der Waals surface area (Å²) >= 11 is 0. The first-order valence-corrected chi connectivity index (χ1v) is 14.7. The van der Waals surface area contributed by atoms with Crippen LogP contribution in [0.2, 0.25) is 0 Å². The minimum atomic E-state index is -1.14. The molecule has 2 aromatic heterocycles. The van der Waals surface area contributed by atoms with Crippen LogP contribution in [0.1, 0.15) is 70.3 Å². The molecule has 8 heteroatoms. The van der Waals surface area contributed by atoms with Crippen LogP contribution >= 0.6 is 0 Å². The number of benzene rings is 1. The normalized spacial score (nSPS) is 30.5. The van der Waals surface area contributed by atoms with Gasteiger partial charge in [0.1, 0.15) is 6.54 Å². The molecule has 0 radical (unpaired) electrons. The third-order valence-electron chi connectivity index (χ3n) is 10.0. The molecular weight excluding hydrogens is 492 g/mol. The van der Waals surface area contributed by atoms with Crippen molar-refractivity contribution >= 4 is 17.0 Å². The van der Waals surface area contributed by atoms with Crippen LogP contribution in [0.25, 0.3) is 22.4 Å². The molecule has 4 aliphatic rings. The number of aromatic nitrogens is 3. The molecule has 1 N–H and O–H groups in total. The molecule has 0 amide bonds. The summed E-state index contributed by atoms with van der Waals surface area (Å²) < 4.78 is 3.05. The highest BCUT2D eigenvalue weighted by Crippen LogP contribution is 2.48. The van der Waals surface area contributed by atoms with E-state index in [0.717, 1.165) is 34.8 Å². The largest absolute Gasteiger partial charge is 0.480 e. The van der Waals surface area contributed by atoms with E-state index in [0.29, 0.717) is 23.6 Å². The lowest BCUT2D eigenvalue weighted by Gasteiger charge is -2.49. The molecule has 0 spiro atoms. The standard InChI is InChI=1S/C31H36N4O4/c36-28-10-4-9-27(33(28)18-29(37)38)30-31(39)35(26-8-2-1-7-25(26)32-30)24-16-21-11-12-22(17-24)34(21)23-14-19-5-3-6-20(13-19)15-23/h1-2,4,7-10,19-24H,3,5-6,11-18H2,(H,37,38)/t19-,20+,21-,22+,23?,24-. The highest BCUT2D eigenvalue weighted by atomic mass is 16.4. The molecule has 4 bridgehead atoms. The van der Waals surface area contributed by atoms with Gasteiger partial charge in [0.05, 0.1) is 16.7 Å². The zero-order valence-corrected chi connectivity index (χ0v) is 22.2. The van der Waals surface area contributed by atoms with Gasteiger partial charge in [-0.25, -0.2) is 4.98 Å². The maximum Gasteiger partial charge on any atom is 0.323 e. The maximum absolute atomic E-state index is 14.2. The number of nitrogens with zero attached hydrogens (tertiary/aromatic N) is 4. The second-order valence-corrected chi connectivity index (χ2v) is 12.3. The molecule has 2 saturated carbocycles. The molecule has 1 unspecified atom stereocenters. The van der Waals surface area contributed by atoms with E-state index in [1.807, 2.05) is 28.8 Å². The van der Waals surface area contributed by atoms with E-state index in [9.17, 15) is 19.5 Å². The third kappa shape index (κ3) is 4.33.